The van der Waals surface area contributed by atoms with Crippen LogP contribution in [0.25, 0.3) is 0 Å². The molecule has 2 aromatic rings. The standard InChI is InChI=1S/C16H16O2/c1-13(17)10-11-14-6-5-9-16(12-14)18-15-7-3-2-4-8-15/h2-9,12H,10-11H2,1H3. The third-order valence-corrected chi connectivity index (χ3v) is 2.64. The average molecular weight is 240 g/mol. The number of ether oxygens (including phenoxy) is 1. The minimum atomic E-state index is 0.212. The fourth-order valence-corrected chi connectivity index (χ4v) is 1.71. The number of ketones is 1. The average Bonchev–Trinajstić information content (AvgIpc) is 2.38. The van der Waals surface area contributed by atoms with Crippen molar-refractivity contribution >= 4 is 5.78 Å². The number of rotatable bonds is 5. The lowest BCUT2D eigenvalue weighted by Crippen LogP contribution is -1.94. The third-order valence-electron chi connectivity index (χ3n) is 2.64. The molecule has 18 heavy (non-hydrogen) atoms. The SMILES string of the molecule is CC(=O)CCc1cccc(Oc2ccccc2)c1. The van der Waals surface area contributed by atoms with Crippen LogP contribution in [0.4, 0.5) is 0 Å². The molecule has 92 valence electrons. The highest BCUT2D eigenvalue weighted by Crippen LogP contribution is 2.22. The summed E-state index contributed by atoms with van der Waals surface area (Å²) in [5.41, 5.74) is 1.12. The van der Waals surface area contributed by atoms with Crippen molar-refractivity contribution in [3.05, 3.63) is 60.2 Å². The molecule has 2 aromatic carbocycles. The highest BCUT2D eigenvalue weighted by atomic mass is 16.5. The van der Waals surface area contributed by atoms with Crippen LogP contribution in [-0.2, 0) is 11.2 Å². The molecular formula is C16H16O2. The Morgan fingerprint density at radius 3 is 2.44 bits per heavy atom. The van der Waals surface area contributed by atoms with Gasteiger partial charge in [-0.15, -0.1) is 0 Å². The van der Waals surface area contributed by atoms with Crippen LogP contribution in [0.2, 0.25) is 0 Å². The summed E-state index contributed by atoms with van der Waals surface area (Å²) >= 11 is 0. The molecule has 0 heterocycles. The van der Waals surface area contributed by atoms with Gasteiger partial charge in [-0.3, -0.25) is 0 Å². The zero-order chi connectivity index (χ0) is 12.8. The van der Waals surface area contributed by atoms with E-state index in [1.807, 2.05) is 54.6 Å². The van der Waals surface area contributed by atoms with Crippen LogP contribution < -0.4 is 4.74 Å². The Hall–Kier alpha value is -2.09. The van der Waals surface area contributed by atoms with Gasteiger partial charge in [-0.1, -0.05) is 30.3 Å². The van der Waals surface area contributed by atoms with Crippen molar-refractivity contribution < 1.29 is 9.53 Å². The molecule has 0 spiro atoms. The highest BCUT2D eigenvalue weighted by molar-refractivity contribution is 5.75. The summed E-state index contributed by atoms with van der Waals surface area (Å²) < 4.78 is 5.74. The van der Waals surface area contributed by atoms with Crippen molar-refractivity contribution in [2.24, 2.45) is 0 Å². The molecule has 0 N–H and O–H groups in total. The predicted molar refractivity (Wildman–Crippen MR) is 72.0 cm³/mol. The molecule has 0 saturated heterocycles. The molecule has 0 aromatic heterocycles. The molecule has 0 aliphatic carbocycles. The van der Waals surface area contributed by atoms with Gasteiger partial charge < -0.3 is 9.53 Å². The van der Waals surface area contributed by atoms with Crippen molar-refractivity contribution in [2.75, 3.05) is 0 Å². The van der Waals surface area contributed by atoms with Crippen molar-refractivity contribution in [3.8, 4) is 11.5 Å². The number of Topliss-reactive ketones (excluding diaryl/α,β-unsaturated/α-hetero) is 1. The zero-order valence-electron chi connectivity index (χ0n) is 10.4. The van der Waals surface area contributed by atoms with Gasteiger partial charge in [-0.2, -0.15) is 0 Å². The smallest absolute Gasteiger partial charge is 0.130 e. The van der Waals surface area contributed by atoms with Crippen LogP contribution in [0.3, 0.4) is 0 Å². The molecule has 0 bridgehead atoms. The van der Waals surface area contributed by atoms with E-state index in [0.717, 1.165) is 23.5 Å². The Kier molecular flexibility index (Phi) is 4.13. The Bertz CT molecular complexity index is 518. The summed E-state index contributed by atoms with van der Waals surface area (Å²) in [7, 11) is 0. The van der Waals surface area contributed by atoms with Crippen LogP contribution in [-0.4, -0.2) is 5.78 Å². The van der Waals surface area contributed by atoms with E-state index in [0.29, 0.717) is 6.42 Å². The first-order valence-corrected chi connectivity index (χ1v) is 6.05. The number of para-hydroxylation sites is 1. The Labute approximate surface area is 107 Å². The molecule has 0 aliphatic heterocycles. The first-order chi connectivity index (χ1) is 8.74. The quantitative estimate of drug-likeness (QED) is 0.789. The normalized spacial score (nSPS) is 10.1. The highest BCUT2D eigenvalue weighted by Gasteiger charge is 2.00. The van der Waals surface area contributed by atoms with Crippen molar-refractivity contribution in [1.82, 2.24) is 0 Å². The van der Waals surface area contributed by atoms with Gasteiger partial charge in [-0.25, -0.2) is 0 Å². The molecule has 0 fully saturated rings. The van der Waals surface area contributed by atoms with Gasteiger partial charge in [0.25, 0.3) is 0 Å². The lowest BCUT2D eigenvalue weighted by atomic mass is 10.1. The minimum absolute atomic E-state index is 0.212. The maximum atomic E-state index is 11.0. The fourth-order valence-electron chi connectivity index (χ4n) is 1.71. The largest absolute Gasteiger partial charge is 0.457 e. The number of aryl methyl sites for hydroxylation is 1. The van der Waals surface area contributed by atoms with Gasteiger partial charge in [0.05, 0.1) is 0 Å². The van der Waals surface area contributed by atoms with E-state index in [2.05, 4.69) is 0 Å². The number of carbonyl (C=O) groups excluding carboxylic acids is 1. The van der Waals surface area contributed by atoms with Gasteiger partial charge in [0.15, 0.2) is 0 Å². The van der Waals surface area contributed by atoms with Gasteiger partial charge in [0, 0.05) is 6.42 Å². The molecule has 0 unspecified atom stereocenters. The number of benzene rings is 2. The molecule has 2 nitrogen and oxygen atoms in total. The Morgan fingerprint density at radius 2 is 1.72 bits per heavy atom. The van der Waals surface area contributed by atoms with E-state index in [-0.39, 0.29) is 5.78 Å². The first kappa shape index (κ1) is 12.4. The van der Waals surface area contributed by atoms with Crippen LogP contribution in [0.5, 0.6) is 11.5 Å². The van der Waals surface area contributed by atoms with E-state index in [1.54, 1.807) is 6.92 Å². The summed E-state index contributed by atoms with van der Waals surface area (Å²) in [4.78, 5) is 11.0. The van der Waals surface area contributed by atoms with Crippen LogP contribution in [0, 0.1) is 0 Å². The Balaban J connectivity index is 2.05. The second-order valence-corrected chi connectivity index (χ2v) is 4.26. The number of hydrogen-bond donors (Lipinski definition) is 0. The van der Waals surface area contributed by atoms with Crippen molar-refractivity contribution in [1.29, 1.82) is 0 Å². The zero-order valence-corrected chi connectivity index (χ0v) is 10.4. The van der Waals surface area contributed by atoms with Crippen LogP contribution >= 0.6 is 0 Å². The predicted octanol–water partition coefficient (Wildman–Crippen LogP) is 4.00. The maximum Gasteiger partial charge on any atom is 0.130 e. The van der Waals surface area contributed by atoms with Gasteiger partial charge in [0.1, 0.15) is 17.3 Å². The Morgan fingerprint density at radius 1 is 1.00 bits per heavy atom. The maximum absolute atomic E-state index is 11.0. The monoisotopic (exact) mass is 240 g/mol. The van der Waals surface area contributed by atoms with E-state index >= 15 is 0 Å². The van der Waals surface area contributed by atoms with Gasteiger partial charge in [-0.05, 0) is 43.2 Å². The summed E-state index contributed by atoms with van der Waals surface area (Å²) in [5.74, 6) is 1.84. The van der Waals surface area contributed by atoms with E-state index in [1.165, 1.54) is 0 Å². The van der Waals surface area contributed by atoms with Gasteiger partial charge in [0.2, 0.25) is 0 Å². The summed E-state index contributed by atoms with van der Waals surface area (Å²) in [6.45, 7) is 1.62. The molecular weight excluding hydrogens is 224 g/mol. The van der Waals surface area contributed by atoms with Crippen LogP contribution in [0.15, 0.2) is 54.6 Å². The first-order valence-electron chi connectivity index (χ1n) is 6.05. The summed E-state index contributed by atoms with van der Waals surface area (Å²) in [5, 5.41) is 0. The van der Waals surface area contributed by atoms with Crippen LogP contribution in [0.1, 0.15) is 18.9 Å². The van der Waals surface area contributed by atoms with Crippen molar-refractivity contribution in [3.63, 3.8) is 0 Å². The lowest BCUT2D eigenvalue weighted by molar-refractivity contribution is -0.116. The fraction of sp³-hybridized carbons (Fsp3) is 0.188. The molecule has 0 aliphatic rings. The lowest BCUT2D eigenvalue weighted by Gasteiger charge is -2.07. The molecule has 0 amide bonds. The third kappa shape index (κ3) is 3.74. The minimum Gasteiger partial charge on any atom is -0.457 e. The molecule has 2 heteroatoms. The number of carbonyl (C=O) groups is 1. The molecule has 0 radical (unpaired) electrons. The summed E-state index contributed by atoms with van der Waals surface area (Å²) in [6.07, 6.45) is 1.34. The summed E-state index contributed by atoms with van der Waals surface area (Å²) in [6, 6.07) is 17.5. The number of hydrogen-bond acceptors (Lipinski definition) is 2. The second-order valence-electron chi connectivity index (χ2n) is 4.26. The van der Waals surface area contributed by atoms with E-state index < -0.39 is 0 Å². The second kappa shape index (κ2) is 6.01. The topological polar surface area (TPSA) is 26.3 Å². The van der Waals surface area contributed by atoms with E-state index in [4.69, 9.17) is 4.74 Å². The molecule has 2 rings (SSSR count). The molecule has 0 atom stereocenters. The van der Waals surface area contributed by atoms with Gasteiger partial charge >= 0.3 is 0 Å². The van der Waals surface area contributed by atoms with E-state index in [9.17, 15) is 4.79 Å². The molecule has 0 saturated carbocycles. The van der Waals surface area contributed by atoms with Crippen molar-refractivity contribution in [2.45, 2.75) is 19.8 Å².